The van der Waals surface area contributed by atoms with Crippen LogP contribution in [0.25, 0.3) is 0 Å². The Hall–Kier alpha value is -2.99. The number of nitrogens with one attached hydrogen (secondary N) is 1. The van der Waals surface area contributed by atoms with Crippen LogP contribution in [0.1, 0.15) is 39.3 Å². The van der Waals surface area contributed by atoms with Crippen molar-refractivity contribution in [1.29, 1.82) is 0 Å². The number of amides is 2. The average Bonchev–Trinajstić information content (AvgIpc) is 3.17. The van der Waals surface area contributed by atoms with Crippen LogP contribution in [-0.4, -0.2) is 23.3 Å². The third kappa shape index (κ3) is 3.43. The fourth-order valence-electron chi connectivity index (χ4n) is 3.61. The number of carbonyl (C=O) groups excluding carboxylic acids is 2. The summed E-state index contributed by atoms with van der Waals surface area (Å²) in [5.74, 6) is -1.01. The van der Waals surface area contributed by atoms with Crippen LogP contribution in [0.4, 0.5) is 10.1 Å². The number of thiophene rings is 1. The van der Waals surface area contributed by atoms with Gasteiger partial charge in [0, 0.05) is 24.0 Å². The number of carbonyl (C=O) groups is 2. The second kappa shape index (κ2) is 7.56. The molecule has 28 heavy (non-hydrogen) atoms. The summed E-state index contributed by atoms with van der Waals surface area (Å²) in [6, 6.07) is 15.2. The predicted molar refractivity (Wildman–Crippen MR) is 108 cm³/mol. The van der Waals surface area contributed by atoms with Crippen LogP contribution in [0, 0.1) is 5.82 Å². The summed E-state index contributed by atoms with van der Waals surface area (Å²) in [4.78, 5) is 27.6. The van der Waals surface area contributed by atoms with Crippen molar-refractivity contribution in [3.05, 3.63) is 87.4 Å². The van der Waals surface area contributed by atoms with Gasteiger partial charge in [0.2, 0.25) is 5.91 Å². The van der Waals surface area contributed by atoms with Gasteiger partial charge >= 0.3 is 0 Å². The van der Waals surface area contributed by atoms with Crippen molar-refractivity contribution < 1.29 is 14.0 Å². The third-order valence-electron chi connectivity index (χ3n) is 4.97. The van der Waals surface area contributed by atoms with E-state index in [1.807, 2.05) is 17.0 Å². The minimum Gasteiger partial charge on any atom is -0.331 e. The summed E-state index contributed by atoms with van der Waals surface area (Å²) < 4.78 is 13.8. The first kappa shape index (κ1) is 18.4. The molecule has 0 bridgehead atoms. The van der Waals surface area contributed by atoms with E-state index >= 15 is 0 Å². The lowest BCUT2D eigenvalue weighted by Gasteiger charge is -2.35. The predicted octanol–water partition coefficient (Wildman–Crippen LogP) is 4.63. The van der Waals surface area contributed by atoms with E-state index in [0.717, 1.165) is 17.5 Å². The summed E-state index contributed by atoms with van der Waals surface area (Å²) in [7, 11) is 0. The molecule has 1 aliphatic rings. The number of benzene rings is 2. The number of hydrogen-bond acceptors (Lipinski definition) is 3. The highest BCUT2D eigenvalue weighted by Crippen LogP contribution is 2.38. The van der Waals surface area contributed by atoms with Crippen LogP contribution in [0.15, 0.2) is 60.0 Å². The Kier molecular flexibility index (Phi) is 4.96. The smallest absolute Gasteiger partial charge is 0.258 e. The van der Waals surface area contributed by atoms with E-state index in [9.17, 15) is 14.0 Å². The fourth-order valence-corrected chi connectivity index (χ4v) is 4.51. The molecule has 0 radical (unpaired) electrons. The molecule has 0 saturated heterocycles. The van der Waals surface area contributed by atoms with Crippen LogP contribution in [0.2, 0.25) is 0 Å². The highest BCUT2D eigenvalue weighted by Gasteiger charge is 2.31. The number of fused-ring (bicyclic) bond motifs is 1. The van der Waals surface area contributed by atoms with Crippen molar-refractivity contribution in [2.24, 2.45) is 0 Å². The molecule has 1 unspecified atom stereocenters. The second-order valence-electron chi connectivity index (χ2n) is 6.72. The molecule has 0 saturated carbocycles. The lowest BCUT2D eigenvalue weighted by molar-refractivity contribution is -0.130. The Morgan fingerprint density at radius 2 is 1.86 bits per heavy atom. The Labute approximate surface area is 166 Å². The second-order valence-corrected chi connectivity index (χ2v) is 7.72. The molecule has 4 rings (SSSR count). The maximum absolute atomic E-state index is 13.8. The number of rotatable bonds is 3. The SMILES string of the molecule is CC(=O)N1CCc2sccc2C1c1ccc(NC(=O)c2ccccc2F)cc1. The fraction of sp³-hybridized carbons (Fsp3) is 0.182. The zero-order valence-corrected chi connectivity index (χ0v) is 16.1. The third-order valence-corrected chi connectivity index (χ3v) is 5.97. The summed E-state index contributed by atoms with van der Waals surface area (Å²) in [5, 5.41) is 4.78. The molecule has 4 nitrogen and oxygen atoms in total. The highest BCUT2D eigenvalue weighted by atomic mass is 32.1. The quantitative estimate of drug-likeness (QED) is 0.704. The Morgan fingerprint density at radius 1 is 1.11 bits per heavy atom. The van der Waals surface area contributed by atoms with E-state index < -0.39 is 11.7 Å². The van der Waals surface area contributed by atoms with E-state index in [-0.39, 0.29) is 17.5 Å². The van der Waals surface area contributed by atoms with Gasteiger partial charge in [0.15, 0.2) is 0 Å². The van der Waals surface area contributed by atoms with E-state index in [1.165, 1.54) is 17.0 Å². The van der Waals surface area contributed by atoms with Gasteiger partial charge in [0.25, 0.3) is 5.91 Å². The summed E-state index contributed by atoms with van der Waals surface area (Å²) >= 11 is 1.72. The van der Waals surface area contributed by atoms with Gasteiger partial charge in [-0.05, 0) is 53.3 Å². The molecule has 2 aromatic carbocycles. The molecular weight excluding hydrogens is 375 g/mol. The van der Waals surface area contributed by atoms with Gasteiger partial charge in [-0.2, -0.15) is 0 Å². The zero-order chi connectivity index (χ0) is 19.7. The van der Waals surface area contributed by atoms with Gasteiger partial charge < -0.3 is 10.2 Å². The minimum atomic E-state index is -0.555. The van der Waals surface area contributed by atoms with Crippen molar-refractivity contribution in [3.63, 3.8) is 0 Å². The summed E-state index contributed by atoms with van der Waals surface area (Å²) in [6.07, 6.45) is 0.875. The van der Waals surface area contributed by atoms with Gasteiger partial charge in [-0.25, -0.2) is 4.39 Å². The van der Waals surface area contributed by atoms with Crippen molar-refractivity contribution >= 4 is 28.8 Å². The Morgan fingerprint density at radius 3 is 2.57 bits per heavy atom. The molecule has 2 amide bonds. The van der Waals surface area contributed by atoms with Crippen molar-refractivity contribution in [3.8, 4) is 0 Å². The first-order valence-electron chi connectivity index (χ1n) is 9.04. The lowest BCUT2D eigenvalue weighted by Crippen LogP contribution is -2.38. The van der Waals surface area contributed by atoms with E-state index in [0.29, 0.717) is 12.2 Å². The summed E-state index contributed by atoms with van der Waals surface area (Å²) in [5.41, 5.74) is 2.73. The molecular formula is C22H19FN2O2S. The van der Waals surface area contributed by atoms with Gasteiger partial charge in [0.1, 0.15) is 5.82 Å². The van der Waals surface area contributed by atoms with Crippen LogP contribution >= 0.6 is 11.3 Å². The normalized spacial score (nSPS) is 15.8. The zero-order valence-electron chi connectivity index (χ0n) is 15.3. The van der Waals surface area contributed by atoms with Crippen LogP contribution in [0.5, 0.6) is 0 Å². The maximum atomic E-state index is 13.8. The molecule has 1 atom stereocenters. The van der Waals surface area contributed by atoms with Crippen LogP contribution < -0.4 is 5.32 Å². The van der Waals surface area contributed by atoms with E-state index in [4.69, 9.17) is 0 Å². The monoisotopic (exact) mass is 394 g/mol. The molecule has 0 spiro atoms. The minimum absolute atomic E-state index is 0.00419. The van der Waals surface area contributed by atoms with Crippen molar-refractivity contribution in [1.82, 2.24) is 4.90 Å². The molecule has 0 fully saturated rings. The number of hydrogen-bond donors (Lipinski definition) is 1. The molecule has 1 aliphatic heterocycles. The Bertz CT molecular complexity index is 1030. The lowest BCUT2D eigenvalue weighted by atomic mass is 9.93. The van der Waals surface area contributed by atoms with Crippen LogP contribution in [0.3, 0.4) is 0 Å². The van der Waals surface area contributed by atoms with E-state index in [1.54, 1.807) is 42.5 Å². The molecule has 2 heterocycles. The topological polar surface area (TPSA) is 49.4 Å². The molecule has 6 heteroatoms. The van der Waals surface area contributed by atoms with E-state index in [2.05, 4.69) is 16.8 Å². The number of halogens is 1. The molecule has 1 aromatic heterocycles. The van der Waals surface area contributed by atoms with Gasteiger partial charge in [0.05, 0.1) is 11.6 Å². The van der Waals surface area contributed by atoms with Gasteiger partial charge in [-0.15, -0.1) is 11.3 Å². The Balaban J connectivity index is 1.58. The van der Waals surface area contributed by atoms with Crippen molar-refractivity contribution in [2.45, 2.75) is 19.4 Å². The maximum Gasteiger partial charge on any atom is 0.258 e. The molecule has 3 aromatic rings. The number of nitrogens with zero attached hydrogens (tertiary/aromatic N) is 1. The van der Waals surface area contributed by atoms with Crippen molar-refractivity contribution in [2.75, 3.05) is 11.9 Å². The first-order valence-corrected chi connectivity index (χ1v) is 9.92. The standard InChI is InChI=1S/C22H19FN2O2S/c1-14(26)25-12-10-20-18(11-13-28-20)21(25)15-6-8-16(9-7-15)24-22(27)17-4-2-3-5-19(17)23/h2-9,11,13,21H,10,12H2,1H3,(H,24,27). The van der Waals surface area contributed by atoms with Gasteiger partial charge in [-0.3, -0.25) is 9.59 Å². The van der Waals surface area contributed by atoms with Crippen LogP contribution in [-0.2, 0) is 11.2 Å². The average molecular weight is 394 g/mol. The first-order chi connectivity index (χ1) is 13.5. The largest absolute Gasteiger partial charge is 0.331 e. The highest BCUT2D eigenvalue weighted by molar-refractivity contribution is 7.10. The molecule has 142 valence electrons. The molecule has 1 N–H and O–H groups in total. The summed E-state index contributed by atoms with van der Waals surface area (Å²) in [6.45, 7) is 2.28. The van der Waals surface area contributed by atoms with Gasteiger partial charge in [-0.1, -0.05) is 24.3 Å². The molecule has 0 aliphatic carbocycles. The number of anilines is 1.